The Morgan fingerprint density at radius 1 is 0.613 bits per heavy atom. The first-order valence-corrected chi connectivity index (χ1v) is 13.0. The van der Waals surface area contributed by atoms with E-state index in [1.54, 1.807) is 0 Å². The summed E-state index contributed by atoms with van der Waals surface area (Å²) in [7, 11) is 0. The molecule has 31 heavy (non-hydrogen) atoms. The van der Waals surface area contributed by atoms with Crippen LogP contribution in [0.2, 0.25) is 0 Å². The van der Waals surface area contributed by atoms with Crippen LogP contribution < -0.4 is 0 Å². The molecule has 0 aliphatic carbocycles. The van der Waals surface area contributed by atoms with Crippen LogP contribution in [0.5, 0.6) is 0 Å². The maximum Gasteiger partial charge on any atom is 0.338 e. The van der Waals surface area contributed by atoms with Gasteiger partial charge < -0.3 is 4.74 Å². The Morgan fingerprint density at radius 3 is 1.68 bits per heavy atom. The van der Waals surface area contributed by atoms with Crippen LogP contribution in [-0.4, -0.2) is 12.6 Å². The van der Waals surface area contributed by atoms with E-state index in [0.29, 0.717) is 12.2 Å². The predicted molar refractivity (Wildman–Crippen MR) is 134 cm³/mol. The normalized spacial score (nSPS) is 11.1. The first kappa shape index (κ1) is 25.4. The van der Waals surface area contributed by atoms with Gasteiger partial charge >= 0.3 is 5.97 Å². The van der Waals surface area contributed by atoms with Gasteiger partial charge in [0, 0.05) is 0 Å². The van der Waals surface area contributed by atoms with Crippen molar-refractivity contribution in [1.29, 1.82) is 0 Å². The molecule has 0 radical (unpaired) electrons. The summed E-state index contributed by atoms with van der Waals surface area (Å²) in [5.41, 5.74) is 0.676. The third-order valence-corrected chi connectivity index (χ3v) is 6.24. The summed E-state index contributed by atoms with van der Waals surface area (Å²) in [6.07, 6.45) is 21.6. The highest BCUT2D eigenvalue weighted by atomic mass is 16.5. The van der Waals surface area contributed by atoms with Crippen LogP contribution in [0.25, 0.3) is 10.8 Å². The lowest BCUT2D eigenvalue weighted by atomic mass is 10.0. The maximum absolute atomic E-state index is 12.4. The number of ether oxygens (including phenoxy) is 1. The van der Waals surface area contributed by atoms with Crippen molar-refractivity contribution in [3.8, 4) is 0 Å². The van der Waals surface area contributed by atoms with E-state index in [1.165, 1.54) is 89.9 Å². The van der Waals surface area contributed by atoms with Crippen LogP contribution in [0.15, 0.2) is 42.5 Å². The highest BCUT2D eigenvalue weighted by molar-refractivity contribution is 6.04. The molecular weight excluding hydrogens is 380 g/mol. The van der Waals surface area contributed by atoms with Gasteiger partial charge in [0.05, 0.1) is 12.2 Å². The van der Waals surface area contributed by atoms with Crippen LogP contribution in [-0.2, 0) is 4.74 Å². The van der Waals surface area contributed by atoms with Crippen LogP contribution in [0.4, 0.5) is 0 Å². The second-order valence-electron chi connectivity index (χ2n) is 8.97. The Kier molecular flexibility index (Phi) is 13.8. The molecule has 2 aromatic carbocycles. The number of hydrogen-bond donors (Lipinski definition) is 0. The van der Waals surface area contributed by atoms with Crippen LogP contribution >= 0.6 is 0 Å². The molecular formula is C29H44O2. The van der Waals surface area contributed by atoms with E-state index in [9.17, 15) is 4.79 Å². The van der Waals surface area contributed by atoms with E-state index in [4.69, 9.17) is 4.74 Å². The minimum Gasteiger partial charge on any atom is -0.462 e. The zero-order chi connectivity index (χ0) is 22.0. The number of fused-ring (bicyclic) bond motifs is 1. The molecule has 0 aliphatic rings. The van der Waals surface area contributed by atoms with Crippen molar-refractivity contribution in [2.24, 2.45) is 0 Å². The molecule has 0 N–H and O–H groups in total. The topological polar surface area (TPSA) is 26.3 Å². The third-order valence-electron chi connectivity index (χ3n) is 6.24. The lowest BCUT2D eigenvalue weighted by Gasteiger charge is -2.07. The number of benzene rings is 2. The van der Waals surface area contributed by atoms with Crippen molar-refractivity contribution in [1.82, 2.24) is 0 Å². The number of carbonyl (C=O) groups excluding carboxylic acids is 1. The molecule has 0 aromatic heterocycles. The number of rotatable bonds is 18. The van der Waals surface area contributed by atoms with Gasteiger partial charge in [0.1, 0.15) is 0 Å². The largest absolute Gasteiger partial charge is 0.462 e. The van der Waals surface area contributed by atoms with Gasteiger partial charge in [0.15, 0.2) is 0 Å². The molecule has 0 bridgehead atoms. The number of unbranched alkanes of at least 4 members (excludes halogenated alkanes) is 15. The molecule has 172 valence electrons. The second kappa shape index (κ2) is 16.8. The van der Waals surface area contributed by atoms with Gasteiger partial charge in [-0.3, -0.25) is 0 Å². The van der Waals surface area contributed by atoms with E-state index in [1.807, 2.05) is 42.5 Å². The quantitative estimate of drug-likeness (QED) is 0.176. The second-order valence-corrected chi connectivity index (χ2v) is 8.97. The van der Waals surface area contributed by atoms with Crippen molar-refractivity contribution in [2.75, 3.05) is 6.61 Å². The minimum atomic E-state index is -0.197. The fraction of sp³-hybridized carbons (Fsp3) is 0.621. The highest BCUT2D eigenvalue weighted by Gasteiger charge is 2.10. The zero-order valence-corrected chi connectivity index (χ0v) is 19.9. The number of esters is 1. The minimum absolute atomic E-state index is 0.197. The molecule has 0 saturated carbocycles. The molecule has 0 unspecified atom stereocenters. The van der Waals surface area contributed by atoms with Crippen molar-refractivity contribution < 1.29 is 9.53 Å². The predicted octanol–water partition coefficient (Wildman–Crippen LogP) is 9.26. The smallest absolute Gasteiger partial charge is 0.338 e. The van der Waals surface area contributed by atoms with Gasteiger partial charge in [-0.05, 0) is 23.3 Å². The summed E-state index contributed by atoms with van der Waals surface area (Å²) >= 11 is 0. The Labute approximate surface area is 190 Å². The molecule has 2 rings (SSSR count). The average molecular weight is 425 g/mol. The zero-order valence-electron chi connectivity index (χ0n) is 19.9. The number of carbonyl (C=O) groups is 1. The Balaban J connectivity index is 1.39. The van der Waals surface area contributed by atoms with E-state index in [2.05, 4.69) is 6.92 Å². The highest BCUT2D eigenvalue weighted by Crippen LogP contribution is 2.19. The van der Waals surface area contributed by atoms with Gasteiger partial charge in [-0.25, -0.2) is 4.79 Å². The molecule has 0 saturated heterocycles. The lowest BCUT2D eigenvalue weighted by Crippen LogP contribution is -2.07. The van der Waals surface area contributed by atoms with Gasteiger partial charge in [-0.15, -0.1) is 0 Å². The Morgan fingerprint density at radius 2 is 1.10 bits per heavy atom. The third kappa shape index (κ3) is 10.8. The Bertz CT molecular complexity index is 716. The average Bonchev–Trinajstić information content (AvgIpc) is 2.80. The molecule has 2 heteroatoms. The van der Waals surface area contributed by atoms with E-state index >= 15 is 0 Å². The van der Waals surface area contributed by atoms with Gasteiger partial charge in [-0.1, -0.05) is 140 Å². The first-order valence-electron chi connectivity index (χ1n) is 13.0. The summed E-state index contributed by atoms with van der Waals surface area (Å²) < 4.78 is 5.52. The molecule has 0 spiro atoms. The maximum atomic E-state index is 12.4. The van der Waals surface area contributed by atoms with Crippen molar-refractivity contribution in [3.63, 3.8) is 0 Å². The summed E-state index contributed by atoms with van der Waals surface area (Å²) in [5, 5.41) is 2.06. The van der Waals surface area contributed by atoms with Gasteiger partial charge in [0.25, 0.3) is 0 Å². The molecule has 0 heterocycles. The van der Waals surface area contributed by atoms with Crippen LogP contribution in [0, 0.1) is 0 Å². The summed E-state index contributed by atoms with van der Waals surface area (Å²) in [6, 6.07) is 13.8. The number of hydrogen-bond acceptors (Lipinski definition) is 2. The first-order chi connectivity index (χ1) is 15.3. The lowest BCUT2D eigenvalue weighted by molar-refractivity contribution is 0.0500. The monoisotopic (exact) mass is 424 g/mol. The van der Waals surface area contributed by atoms with Crippen molar-refractivity contribution in [3.05, 3.63) is 48.0 Å². The summed E-state index contributed by atoms with van der Waals surface area (Å²) in [6.45, 7) is 2.81. The SMILES string of the molecule is CCCCCCCCCCCCCCCCCCOC(=O)c1cccc2ccccc12. The van der Waals surface area contributed by atoms with E-state index in [-0.39, 0.29) is 5.97 Å². The summed E-state index contributed by atoms with van der Waals surface area (Å²) in [5.74, 6) is -0.197. The van der Waals surface area contributed by atoms with Gasteiger partial charge in [-0.2, -0.15) is 0 Å². The molecule has 0 aliphatic heterocycles. The van der Waals surface area contributed by atoms with Crippen molar-refractivity contribution in [2.45, 2.75) is 110 Å². The van der Waals surface area contributed by atoms with E-state index in [0.717, 1.165) is 23.6 Å². The van der Waals surface area contributed by atoms with Crippen molar-refractivity contribution >= 4 is 16.7 Å². The van der Waals surface area contributed by atoms with Gasteiger partial charge in [0.2, 0.25) is 0 Å². The van der Waals surface area contributed by atoms with Crippen LogP contribution in [0.3, 0.4) is 0 Å². The standard InChI is InChI=1S/C29H44O2/c1-2-3-4-5-6-7-8-9-10-11-12-13-14-15-16-19-25-31-29(30)28-24-20-22-26-21-17-18-23-27(26)28/h17-18,20-24H,2-16,19,25H2,1H3. The summed E-state index contributed by atoms with van der Waals surface area (Å²) in [4.78, 5) is 12.4. The molecule has 2 nitrogen and oxygen atoms in total. The Hall–Kier alpha value is -1.83. The molecule has 2 aromatic rings. The fourth-order valence-electron chi connectivity index (χ4n) is 4.30. The molecule has 0 amide bonds. The fourth-order valence-corrected chi connectivity index (χ4v) is 4.30. The van der Waals surface area contributed by atoms with Crippen LogP contribution in [0.1, 0.15) is 120 Å². The molecule has 0 atom stereocenters. The molecule has 0 fully saturated rings. The van der Waals surface area contributed by atoms with E-state index < -0.39 is 0 Å².